The lowest BCUT2D eigenvalue weighted by molar-refractivity contribution is -0.129. The SMILES string of the molecule is COc1ccc(OC(=O)N2CC(C(=O)c3ccc(SC)cc3)C(c3cc(C)c(OC(C)(C)C(C)=O)c(C)c3)C2)cc1. The van der Waals surface area contributed by atoms with Crippen LogP contribution in [0.25, 0.3) is 0 Å². The highest BCUT2D eigenvalue weighted by molar-refractivity contribution is 7.98. The van der Waals surface area contributed by atoms with Crippen molar-refractivity contribution in [1.29, 1.82) is 0 Å². The number of rotatable bonds is 9. The van der Waals surface area contributed by atoms with Gasteiger partial charge in [-0.1, -0.05) is 24.3 Å². The summed E-state index contributed by atoms with van der Waals surface area (Å²) in [6, 6.07) is 18.4. The average molecular weight is 576 g/mol. The van der Waals surface area contributed by atoms with E-state index >= 15 is 0 Å². The number of Topliss-reactive ketones (excluding diaryl/α,β-unsaturated/α-hetero) is 2. The van der Waals surface area contributed by atoms with Gasteiger partial charge in [0.05, 0.1) is 7.11 Å². The maximum atomic E-state index is 13.9. The van der Waals surface area contributed by atoms with E-state index < -0.39 is 17.6 Å². The average Bonchev–Trinajstić information content (AvgIpc) is 3.41. The molecule has 0 bridgehead atoms. The summed E-state index contributed by atoms with van der Waals surface area (Å²) in [6.45, 7) is 9.45. The van der Waals surface area contributed by atoms with Crippen molar-refractivity contribution >= 4 is 29.4 Å². The summed E-state index contributed by atoms with van der Waals surface area (Å²) in [5.41, 5.74) is 2.31. The number of ether oxygens (including phenoxy) is 3. The molecule has 2 unspecified atom stereocenters. The molecule has 0 saturated carbocycles. The minimum absolute atomic E-state index is 0.0178. The van der Waals surface area contributed by atoms with Crippen LogP contribution < -0.4 is 14.2 Å². The second kappa shape index (κ2) is 12.4. The Labute approximate surface area is 246 Å². The van der Waals surface area contributed by atoms with Crippen LogP contribution in [0.3, 0.4) is 0 Å². The van der Waals surface area contributed by atoms with Crippen LogP contribution in [-0.2, 0) is 4.79 Å². The minimum atomic E-state index is -0.964. The van der Waals surface area contributed by atoms with Crippen molar-refractivity contribution in [2.45, 2.75) is 51.0 Å². The molecule has 1 fully saturated rings. The van der Waals surface area contributed by atoms with Crippen LogP contribution >= 0.6 is 11.8 Å². The molecule has 1 aliphatic rings. The van der Waals surface area contributed by atoms with Crippen molar-refractivity contribution < 1.29 is 28.6 Å². The Morgan fingerprint density at radius 1 is 0.902 bits per heavy atom. The Morgan fingerprint density at radius 2 is 1.49 bits per heavy atom. The highest BCUT2D eigenvalue weighted by Gasteiger charge is 2.42. The molecular weight excluding hydrogens is 538 g/mol. The van der Waals surface area contributed by atoms with Crippen LogP contribution in [0, 0.1) is 19.8 Å². The molecule has 1 aliphatic heterocycles. The zero-order valence-corrected chi connectivity index (χ0v) is 25.5. The lowest BCUT2D eigenvalue weighted by Gasteiger charge is -2.27. The van der Waals surface area contributed by atoms with E-state index in [0.717, 1.165) is 21.6 Å². The summed E-state index contributed by atoms with van der Waals surface area (Å²) in [6.07, 6.45) is 1.48. The first-order valence-corrected chi connectivity index (χ1v) is 14.8. The number of nitrogens with zero attached hydrogens (tertiary/aromatic N) is 1. The zero-order valence-electron chi connectivity index (χ0n) is 24.6. The summed E-state index contributed by atoms with van der Waals surface area (Å²) in [7, 11) is 1.57. The Morgan fingerprint density at radius 3 is 2.02 bits per heavy atom. The smallest absolute Gasteiger partial charge is 0.415 e. The van der Waals surface area contributed by atoms with Gasteiger partial charge in [-0.3, -0.25) is 9.59 Å². The van der Waals surface area contributed by atoms with Crippen molar-refractivity contribution in [3.05, 3.63) is 82.9 Å². The molecule has 3 aromatic carbocycles. The molecule has 4 rings (SSSR count). The highest BCUT2D eigenvalue weighted by atomic mass is 32.2. The highest BCUT2D eigenvalue weighted by Crippen LogP contribution is 2.39. The molecule has 1 saturated heterocycles. The van der Waals surface area contributed by atoms with E-state index in [1.807, 2.05) is 56.5 Å². The lowest BCUT2D eigenvalue weighted by atomic mass is 9.82. The van der Waals surface area contributed by atoms with Crippen molar-refractivity contribution in [1.82, 2.24) is 4.90 Å². The molecule has 0 radical (unpaired) electrons. The third kappa shape index (κ3) is 6.76. The van der Waals surface area contributed by atoms with Gasteiger partial charge in [0.15, 0.2) is 17.2 Å². The van der Waals surface area contributed by atoms with Crippen LogP contribution in [0.15, 0.2) is 65.6 Å². The standard InChI is InChI=1S/C33H37NO6S/c1-20-16-24(17-21(2)31(20)40-33(4,5)22(3)35)28-18-34(32(37)39-26-12-10-25(38-6)11-13-26)19-29(28)30(36)23-8-14-27(41-7)15-9-23/h8-17,28-29H,18-19H2,1-7H3. The van der Waals surface area contributed by atoms with E-state index in [2.05, 4.69) is 0 Å². The Balaban J connectivity index is 1.65. The molecule has 1 amide bonds. The van der Waals surface area contributed by atoms with Gasteiger partial charge in [0.2, 0.25) is 0 Å². The van der Waals surface area contributed by atoms with Gasteiger partial charge in [0.25, 0.3) is 0 Å². The molecule has 3 aromatic rings. The normalized spacial score (nSPS) is 16.8. The molecule has 0 aromatic heterocycles. The molecule has 7 nitrogen and oxygen atoms in total. The summed E-state index contributed by atoms with van der Waals surface area (Å²) in [4.78, 5) is 41.9. The summed E-state index contributed by atoms with van der Waals surface area (Å²) in [5.74, 6) is 0.913. The summed E-state index contributed by atoms with van der Waals surface area (Å²) >= 11 is 1.61. The number of hydrogen-bond donors (Lipinski definition) is 0. The molecule has 216 valence electrons. The van der Waals surface area contributed by atoms with E-state index in [1.54, 1.807) is 61.9 Å². The molecule has 41 heavy (non-hydrogen) atoms. The largest absolute Gasteiger partial charge is 0.497 e. The Kier molecular flexibility index (Phi) is 9.12. The van der Waals surface area contributed by atoms with Gasteiger partial charge < -0.3 is 19.1 Å². The van der Waals surface area contributed by atoms with Gasteiger partial charge in [0, 0.05) is 35.4 Å². The van der Waals surface area contributed by atoms with Crippen LogP contribution in [0.2, 0.25) is 0 Å². The lowest BCUT2D eigenvalue weighted by Crippen LogP contribution is -2.36. The molecular formula is C33H37NO6S. The molecule has 2 atom stereocenters. The quantitative estimate of drug-likeness (QED) is 0.203. The summed E-state index contributed by atoms with van der Waals surface area (Å²) < 4.78 is 17.0. The van der Waals surface area contributed by atoms with Crippen molar-refractivity contribution in [3.8, 4) is 17.2 Å². The van der Waals surface area contributed by atoms with E-state index in [1.165, 1.54) is 6.92 Å². The van der Waals surface area contributed by atoms with Gasteiger partial charge in [-0.05, 0) is 94.0 Å². The van der Waals surface area contributed by atoms with Gasteiger partial charge >= 0.3 is 6.09 Å². The fourth-order valence-electron chi connectivity index (χ4n) is 5.02. The number of likely N-dealkylation sites (tertiary alicyclic amines) is 1. The number of hydrogen-bond acceptors (Lipinski definition) is 7. The second-order valence-corrected chi connectivity index (χ2v) is 11.8. The Bertz CT molecular complexity index is 1410. The molecule has 0 aliphatic carbocycles. The van der Waals surface area contributed by atoms with E-state index in [-0.39, 0.29) is 24.0 Å². The Hall–Kier alpha value is -3.78. The molecule has 0 N–H and O–H groups in total. The van der Waals surface area contributed by atoms with Crippen molar-refractivity contribution in [3.63, 3.8) is 0 Å². The first-order chi connectivity index (χ1) is 19.4. The topological polar surface area (TPSA) is 82.1 Å². The molecule has 8 heteroatoms. The van der Waals surface area contributed by atoms with Gasteiger partial charge in [-0.25, -0.2) is 4.79 Å². The number of methoxy groups -OCH3 is 1. The van der Waals surface area contributed by atoms with Crippen molar-refractivity contribution in [2.75, 3.05) is 26.5 Å². The first-order valence-electron chi connectivity index (χ1n) is 13.5. The third-order valence-corrected chi connectivity index (χ3v) is 8.41. The predicted octanol–water partition coefficient (Wildman–Crippen LogP) is 6.88. The molecule has 0 spiro atoms. The van der Waals surface area contributed by atoms with Gasteiger partial charge in [-0.15, -0.1) is 11.8 Å². The minimum Gasteiger partial charge on any atom is -0.497 e. The van der Waals surface area contributed by atoms with E-state index in [4.69, 9.17) is 14.2 Å². The monoisotopic (exact) mass is 575 g/mol. The number of carbonyl (C=O) groups excluding carboxylic acids is 3. The number of thioether (sulfide) groups is 1. The van der Waals surface area contributed by atoms with Crippen LogP contribution in [0.5, 0.6) is 17.2 Å². The maximum absolute atomic E-state index is 13.9. The van der Waals surface area contributed by atoms with Gasteiger partial charge in [0.1, 0.15) is 17.2 Å². The third-order valence-electron chi connectivity index (χ3n) is 7.67. The fraction of sp³-hybridized carbons (Fsp3) is 0.364. The predicted molar refractivity (Wildman–Crippen MR) is 161 cm³/mol. The number of ketones is 2. The number of benzene rings is 3. The zero-order chi connectivity index (χ0) is 29.9. The van der Waals surface area contributed by atoms with Crippen LogP contribution in [-0.4, -0.2) is 54.6 Å². The summed E-state index contributed by atoms with van der Waals surface area (Å²) in [5, 5.41) is 0. The molecule has 1 heterocycles. The van der Waals surface area contributed by atoms with E-state index in [0.29, 0.717) is 29.4 Å². The first kappa shape index (κ1) is 30.2. The van der Waals surface area contributed by atoms with Crippen LogP contribution in [0.4, 0.5) is 4.79 Å². The number of carbonyl (C=O) groups is 3. The fourth-order valence-corrected chi connectivity index (χ4v) is 5.43. The van der Waals surface area contributed by atoms with Crippen LogP contribution in [0.1, 0.15) is 53.7 Å². The van der Waals surface area contributed by atoms with Gasteiger partial charge in [-0.2, -0.15) is 0 Å². The maximum Gasteiger partial charge on any atom is 0.415 e. The van der Waals surface area contributed by atoms with E-state index in [9.17, 15) is 14.4 Å². The number of aryl methyl sites for hydroxylation is 2. The van der Waals surface area contributed by atoms with Crippen molar-refractivity contribution in [2.24, 2.45) is 5.92 Å². The number of amides is 1. The second-order valence-electron chi connectivity index (χ2n) is 10.9.